The van der Waals surface area contributed by atoms with Gasteiger partial charge in [-0.05, 0) is 33.1 Å². The summed E-state index contributed by atoms with van der Waals surface area (Å²) in [5.41, 5.74) is 1.07. The zero-order valence-corrected chi connectivity index (χ0v) is 14.4. The van der Waals surface area contributed by atoms with Crippen LogP contribution >= 0.6 is 11.3 Å². The summed E-state index contributed by atoms with van der Waals surface area (Å²) in [7, 11) is 1.71. The molecule has 0 unspecified atom stereocenters. The lowest BCUT2D eigenvalue weighted by Gasteiger charge is -2.27. The van der Waals surface area contributed by atoms with Crippen molar-refractivity contribution in [1.82, 2.24) is 20.5 Å². The molecule has 0 atom stereocenters. The fourth-order valence-electron chi connectivity index (χ4n) is 2.41. The largest absolute Gasteiger partial charge is 0.350 e. The number of guanidine groups is 1. The molecular formula is C15H25N5OS. The number of carbonyl (C=O) groups excluding carboxylic acids is 1. The van der Waals surface area contributed by atoms with Gasteiger partial charge in [-0.15, -0.1) is 11.3 Å². The van der Waals surface area contributed by atoms with Crippen LogP contribution in [0.5, 0.6) is 0 Å². The Balaban J connectivity index is 1.76. The van der Waals surface area contributed by atoms with Crippen LogP contribution in [0, 0.1) is 13.8 Å². The highest BCUT2D eigenvalue weighted by molar-refractivity contribution is 7.11. The monoisotopic (exact) mass is 323 g/mol. The molecule has 1 fully saturated rings. The van der Waals surface area contributed by atoms with Gasteiger partial charge in [0.1, 0.15) is 5.01 Å². The summed E-state index contributed by atoms with van der Waals surface area (Å²) in [6, 6.07) is 0. The molecule has 1 aromatic rings. The number of hydrogen-bond acceptors (Lipinski definition) is 4. The Morgan fingerprint density at radius 3 is 2.59 bits per heavy atom. The van der Waals surface area contributed by atoms with Crippen molar-refractivity contribution in [3.8, 4) is 0 Å². The number of thiazole rings is 1. The number of hydrogen-bond donors (Lipinski definition) is 2. The Morgan fingerprint density at radius 2 is 2.00 bits per heavy atom. The van der Waals surface area contributed by atoms with Crippen molar-refractivity contribution >= 4 is 23.2 Å². The summed E-state index contributed by atoms with van der Waals surface area (Å²) in [5, 5.41) is 7.31. The van der Waals surface area contributed by atoms with Crippen LogP contribution in [0.3, 0.4) is 0 Å². The molecule has 2 rings (SSSR count). The van der Waals surface area contributed by atoms with Gasteiger partial charge in [-0.2, -0.15) is 0 Å². The minimum absolute atomic E-state index is 0.142. The van der Waals surface area contributed by atoms with Crippen LogP contribution in [0.4, 0.5) is 0 Å². The van der Waals surface area contributed by atoms with Gasteiger partial charge >= 0.3 is 0 Å². The maximum absolute atomic E-state index is 12.1. The first-order chi connectivity index (χ1) is 10.6. The summed E-state index contributed by atoms with van der Waals surface area (Å²) in [5.74, 6) is 0.777. The zero-order valence-electron chi connectivity index (χ0n) is 13.6. The average Bonchev–Trinajstić information content (AvgIpc) is 2.86. The number of nitrogens with zero attached hydrogens (tertiary/aromatic N) is 3. The van der Waals surface area contributed by atoms with Crippen LogP contribution in [0.25, 0.3) is 0 Å². The third kappa shape index (κ3) is 4.69. The molecule has 2 N–H and O–H groups in total. The lowest BCUT2D eigenvalue weighted by atomic mass is 10.1. The van der Waals surface area contributed by atoms with Crippen molar-refractivity contribution in [1.29, 1.82) is 0 Å². The Kier molecular flexibility index (Phi) is 6.18. The maximum Gasteiger partial charge on any atom is 0.241 e. The van der Waals surface area contributed by atoms with E-state index in [0.29, 0.717) is 12.5 Å². The summed E-state index contributed by atoms with van der Waals surface area (Å²) in [6.07, 6.45) is 3.45. The Labute approximate surface area is 136 Å². The number of rotatable bonds is 4. The molecule has 1 aliphatic rings. The quantitative estimate of drug-likeness (QED) is 0.650. The standard InChI is InChI=1S/C15H25N5OS/c1-11-12(2)22-13(19-11)9-17-15(16-3)18-10-14(21)20-7-5-4-6-8-20/h4-10H2,1-3H3,(H2,16,17,18). The number of nitrogens with one attached hydrogen (secondary N) is 2. The van der Waals surface area contributed by atoms with E-state index in [1.807, 2.05) is 11.8 Å². The first kappa shape index (κ1) is 16.7. The van der Waals surface area contributed by atoms with E-state index in [2.05, 4.69) is 27.5 Å². The number of amides is 1. The second-order valence-electron chi connectivity index (χ2n) is 5.47. The molecule has 0 saturated carbocycles. The van der Waals surface area contributed by atoms with Crippen LogP contribution in [0.15, 0.2) is 4.99 Å². The Bertz CT molecular complexity index is 515. The molecule has 1 aliphatic heterocycles. The predicted octanol–water partition coefficient (Wildman–Crippen LogP) is 1.44. The van der Waals surface area contributed by atoms with E-state index in [-0.39, 0.29) is 12.5 Å². The molecule has 7 heteroatoms. The van der Waals surface area contributed by atoms with Crippen molar-refractivity contribution in [2.45, 2.75) is 39.7 Å². The highest BCUT2D eigenvalue weighted by atomic mass is 32.1. The van der Waals surface area contributed by atoms with Gasteiger partial charge in [-0.3, -0.25) is 9.79 Å². The minimum atomic E-state index is 0.142. The van der Waals surface area contributed by atoms with Crippen molar-refractivity contribution in [3.05, 3.63) is 15.6 Å². The fourth-order valence-corrected chi connectivity index (χ4v) is 3.28. The van der Waals surface area contributed by atoms with Gasteiger partial charge < -0.3 is 15.5 Å². The molecular weight excluding hydrogens is 298 g/mol. The molecule has 1 amide bonds. The van der Waals surface area contributed by atoms with Gasteiger partial charge in [0.05, 0.1) is 18.8 Å². The first-order valence-electron chi connectivity index (χ1n) is 7.75. The molecule has 122 valence electrons. The summed E-state index contributed by atoms with van der Waals surface area (Å²) in [4.78, 5) is 23.9. The third-order valence-electron chi connectivity index (χ3n) is 3.82. The zero-order chi connectivity index (χ0) is 15.9. The van der Waals surface area contributed by atoms with E-state index in [4.69, 9.17) is 0 Å². The summed E-state index contributed by atoms with van der Waals surface area (Å²) < 4.78 is 0. The van der Waals surface area contributed by atoms with Gasteiger partial charge in [0, 0.05) is 25.0 Å². The van der Waals surface area contributed by atoms with E-state index >= 15 is 0 Å². The maximum atomic E-state index is 12.1. The van der Waals surface area contributed by atoms with Crippen molar-refractivity contribution in [2.24, 2.45) is 4.99 Å². The highest BCUT2D eigenvalue weighted by Crippen LogP contribution is 2.15. The molecule has 0 aromatic carbocycles. The van der Waals surface area contributed by atoms with Gasteiger partial charge in [0.25, 0.3) is 0 Å². The first-order valence-corrected chi connectivity index (χ1v) is 8.57. The molecule has 0 spiro atoms. The SMILES string of the molecule is CN=C(NCC(=O)N1CCCCC1)NCc1nc(C)c(C)s1. The summed E-state index contributed by atoms with van der Waals surface area (Å²) >= 11 is 1.68. The minimum Gasteiger partial charge on any atom is -0.350 e. The average molecular weight is 323 g/mol. The molecule has 22 heavy (non-hydrogen) atoms. The van der Waals surface area contributed by atoms with Crippen LogP contribution in [0.2, 0.25) is 0 Å². The number of piperidine rings is 1. The number of aryl methyl sites for hydroxylation is 2. The number of aromatic nitrogens is 1. The van der Waals surface area contributed by atoms with Crippen LogP contribution in [-0.4, -0.2) is 48.4 Å². The lowest BCUT2D eigenvalue weighted by molar-refractivity contribution is -0.130. The molecule has 1 saturated heterocycles. The van der Waals surface area contributed by atoms with Gasteiger partial charge in [0.15, 0.2) is 5.96 Å². The van der Waals surface area contributed by atoms with Gasteiger partial charge in [-0.1, -0.05) is 0 Å². The lowest BCUT2D eigenvalue weighted by Crippen LogP contribution is -2.45. The second-order valence-corrected chi connectivity index (χ2v) is 6.76. The molecule has 2 heterocycles. The van der Waals surface area contributed by atoms with E-state index in [1.165, 1.54) is 11.3 Å². The van der Waals surface area contributed by atoms with Crippen molar-refractivity contribution in [2.75, 3.05) is 26.7 Å². The van der Waals surface area contributed by atoms with E-state index < -0.39 is 0 Å². The Morgan fingerprint density at radius 1 is 1.27 bits per heavy atom. The number of likely N-dealkylation sites (tertiary alicyclic amines) is 1. The van der Waals surface area contributed by atoms with Crippen molar-refractivity contribution in [3.63, 3.8) is 0 Å². The summed E-state index contributed by atoms with van der Waals surface area (Å²) in [6.45, 7) is 6.75. The van der Waals surface area contributed by atoms with Crippen LogP contribution in [-0.2, 0) is 11.3 Å². The molecule has 0 bridgehead atoms. The Hall–Kier alpha value is -1.63. The van der Waals surface area contributed by atoms with Crippen molar-refractivity contribution < 1.29 is 4.79 Å². The molecule has 0 radical (unpaired) electrons. The smallest absolute Gasteiger partial charge is 0.241 e. The van der Waals surface area contributed by atoms with E-state index in [0.717, 1.165) is 36.6 Å². The molecule has 0 aliphatic carbocycles. The van der Waals surface area contributed by atoms with Gasteiger partial charge in [-0.25, -0.2) is 4.98 Å². The molecule has 6 nitrogen and oxygen atoms in total. The topological polar surface area (TPSA) is 69.6 Å². The predicted molar refractivity (Wildman–Crippen MR) is 90.2 cm³/mol. The fraction of sp³-hybridized carbons (Fsp3) is 0.667. The highest BCUT2D eigenvalue weighted by Gasteiger charge is 2.16. The van der Waals surface area contributed by atoms with Crippen LogP contribution in [0.1, 0.15) is 34.8 Å². The normalized spacial score (nSPS) is 15.8. The van der Waals surface area contributed by atoms with Gasteiger partial charge in [0.2, 0.25) is 5.91 Å². The second kappa shape index (κ2) is 8.12. The van der Waals surface area contributed by atoms with Crippen LogP contribution < -0.4 is 10.6 Å². The third-order valence-corrected chi connectivity index (χ3v) is 4.89. The molecule has 1 aromatic heterocycles. The van der Waals surface area contributed by atoms with E-state index in [1.54, 1.807) is 18.4 Å². The number of aliphatic imine (C=N–C) groups is 1. The van der Waals surface area contributed by atoms with E-state index in [9.17, 15) is 4.79 Å². The number of carbonyl (C=O) groups is 1.